The zero-order chi connectivity index (χ0) is 17.4. The molecule has 0 radical (unpaired) electrons. The Labute approximate surface area is 135 Å². The van der Waals surface area contributed by atoms with Crippen molar-refractivity contribution in [2.75, 3.05) is 20.3 Å². The van der Waals surface area contributed by atoms with Gasteiger partial charge in [0.2, 0.25) is 5.78 Å². The summed E-state index contributed by atoms with van der Waals surface area (Å²) in [5.41, 5.74) is 5.91. The van der Waals surface area contributed by atoms with E-state index < -0.39 is 18.4 Å². The fourth-order valence-electron chi connectivity index (χ4n) is 1.90. The Morgan fingerprint density at radius 1 is 1.30 bits per heavy atom. The van der Waals surface area contributed by atoms with Gasteiger partial charge in [0.1, 0.15) is 17.1 Å². The predicted octanol–water partition coefficient (Wildman–Crippen LogP) is 1.24. The highest BCUT2D eigenvalue weighted by atomic mass is 16.5. The lowest BCUT2D eigenvalue weighted by atomic mass is 10.1. The molecule has 0 spiro atoms. The van der Waals surface area contributed by atoms with Gasteiger partial charge in [-0.3, -0.25) is 4.79 Å². The highest BCUT2D eigenvalue weighted by Crippen LogP contribution is 2.18. The van der Waals surface area contributed by atoms with E-state index in [1.165, 1.54) is 14.0 Å². The molecule has 0 heterocycles. The normalized spacial score (nSPS) is 11.3. The summed E-state index contributed by atoms with van der Waals surface area (Å²) in [5, 5.41) is 10.4. The third-order valence-corrected chi connectivity index (χ3v) is 2.96. The molecule has 0 bridgehead atoms. The number of nitrogens with one attached hydrogen (secondary N) is 2. The molecule has 0 saturated carbocycles. The number of carbonyl (C=O) groups excluding carboxylic acids is 2. The van der Waals surface area contributed by atoms with E-state index in [1.54, 1.807) is 31.2 Å². The van der Waals surface area contributed by atoms with Crippen molar-refractivity contribution < 1.29 is 19.1 Å². The first-order chi connectivity index (χ1) is 10.9. The lowest BCUT2D eigenvalue weighted by Crippen LogP contribution is -2.29. The van der Waals surface area contributed by atoms with Crippen LogP contribution in [0.4, 0.5) is 0 Å². The van der Waals surface area contributed by atoms with Gasteiger partial charge in [0.05, 0.1) is 12.7 Å². The summed E-state index contributed by atoms with van der Waals surface area (Å²) in [6.07, 6.45) is 0. The average molecular weight is 319 g/mol. The van der Waals surface area contributed by atoms with E-state index in [0.717, 1.165) is 0 Å². The number of ketones is 1. The Balaban J connectivity index is 2.84. The van der Waals surface area contributed by atoms with Crippen LogP contribution in [0.25, 0.3) is 0 Å². The molecule has 23 heavy (non-hydrogen) atoms. The summed E-state index contributed by atoms with van der Waals surface area (Å²) in [4.78, 5) is 24.2. The van der Waals surface area contributed by atoms with Crippen molar-refractivity contribution in [3.63, 3.8) is 0 Å². The van der Waals surface area contributed by atoms with Crippen molar-refractivity contribution >= 4 is 17.5 Å². The van der Waals surface area contributed by atoms with E-state index in [2.05, 4.69) is 5.32 Å². The van der Waals surface area contributed by atoms with Crippen LogP contribution in [0.15, 0.2) is 35.7 Å². The maximum Gasteiger partial charge on any atom is 0.344 e. The van der Waals surface area contributed by atoms with Crippen LogP contribution < -0.4 is 15.8 Å². The Morgan fingerprint density at radius 3 is 2.52 bits per heavy atom. The van der Waals surface area contributed by atoms with E-state index in [0.29, 0.717) is 17.9 Å². The molecule has 0 amide bonds. The SMILES string of the molecule is CCN/C(N)=C(\C(C)=N)C(=O)OCC(=O)c1ccccc1OC. The maximum absolute atomic E-state index is 12.1. The molecule has 4 N–H and O–H groups in total. The van der Waals surface area contributed by atoms with Gasteiger partial charge in [0.15, 0.2) is 6.61 Å². The van der Waals surface area contributed by atoms with Crippen LogP contribution in [-0.4, -0.2) is 37.7 Å². The Bertz CT molecular complexity index is 638. The number of methoxy groups -OCH3 is 1. The Kier molecular flexibility index (Phi) is 6.79. The first kappa shape index (κ1) is 18.2. The third kappa shape index (κ3) is 4.84. The van der Waals surface area contributed by atoms with Crippen LogP contribution in [0.3, 0.4) is 0 Å². The highest BCUT2D eigenvalue weighted by Gasteiger charge is 2.20. The van der Waals surface area contributed by atoms with Gasteiger partial charge in [0.25, 0.3) is 0 Å². The second-order valence-corrected chi connectivity index (χ2v) is 4.64. The van der Waals surface area contributed by atoms with Crippen LogP contribution >= 0.6 is 0 Å². The molecule has 7 nitrogen and oxygen atoms in total. The summed E-state index contributed by atoms with van der Waals surface area (Å²) in [6.45, 7) is 3.26. The smallest absolute Gasteiger partial charge is 0.344 e. The minimum Gasteiger partial charge on any atom is -0.496 e. The number of hydrogen-bond acceptors (Lipinski definition) is 7. The van der Waals surface area contributed by atoms with Gasteiger partial charge in [-0.2, -0.15) is 0 Å². The number of hydrogen-bond donors (Lipinski definition) is 3. The number of nitrogens with two attached hydrogens (primary N) is 1. The first-order valence-corrected chi connectivity index (χ1v) is 7.04. The molecule has 0 aromatic heterocycles. The number of Topliss-reactive ketones (excluding diaryl/α,β-unsaturated/α-hetero) is 1. The highest BCUT2D eigenvalue weighted by molar-refractivity contribution is 6.18. The third-order valence-electron chi connectivity index (χ3n) is 2.96. The van der Waals surface area contributed by atoms with E-state index in [1.807, 2.05) is 0 Å². The fraction of sp³-hybridized carbons (Fsp3) is 0.312. The summed E-state index contributed by atoms with van der Waals surface area (Å²) in [5.74, 6) is -0.770. The standard InChI is InChI=1S/C16H21N3O4/c1-4-19-15(18)14(10(2)17)16(21)23-9-12(20)11-7-5-6-8-13(11)22-3/h5-8,17,19H,4,9,18H2,1-3H3/b15-14+,17-10?. The zero-order valence-electron chi connectivity index (χ0n) is 13.4. The molecule has 0 atom stereocenters. The molecule has 1 aromatic carbocycles. The lowest BCUT2D eigenvalue weighted by molar-refractivity contribution is -0.137. The zero-order valence-corrected chi connectivity index (χ0v) is 13.4. The molecule has 0 aliphatic carbocycles. The van der Waals surface area contributed by atoms with Crippen LogP contribution in [0.1, 0.15) is 24.2 Å². The van der Waals surface area contributed by atoms with Crippen molar-refractivity contribution in [2.45, 2.75) is 13.8 Å². The predicted molar refractivity (Wildman–Crippen MR) is 86.6 cm³/mol. The van der Waals surface area contributed by atoms with E-state index >= 15 is 0 Å². The van der Waals surface area contributed by atoms with E-state index in [4.69, 9.17) is 20.6 Å². The van der Waals surface area contributed by atoms with Crippen molar-refractivity contribution in [3.8, 4) is 5.75 Å². The van der Waals surface area contributed by atoms with Crippen molar-refractivity contribution in [2.24, 2.45) is 5.73 Å². The van der Waals surface area contributed by atoms with Gasteiger partial charge >= 0.3 is 5.97 Å². The van der Waals surface area contributed by atoms with Crippen LogP contribution in [0.2, 0.25) is 0 Å². The first-order valence-electron chi connectivity index (χ1n) is 7.04. The minimum atomic E-state index is -0.820. The second-order valence-electron chi connectivity index (χ2n) is 4.64. The minimum absolute atomic E-state index is 0.0433. The number of para-hydroxylation sites is 1. The Hall–Kier alpha value is -2.83. The quantitative estimate of drug-likeness (QED) is 0.287. The average Bonchev–Trinajstić information content (AvgIpc) is 2.52. The summed E-state index contributed by atoms with van der Waals surface area (Å²) in [7, 11) is 1.45. The molecular weight excluding hydrogens is 298 g/mol. The van der Waals surface area contributed by atoms with Crippen LogP contribution in [0, 0.1) is 5.41 Å². The molecule has 1 aromatic rings. The van der Waals surface area contributed by atoms with E-state index in [-0.39, 0.29) is 17.1 Å². The summed E-state index contributed by atoms with van der Waals surface area (Å²) in [6, 6.07) is 6.65. The number of esters is 1. The molecule has 0 unspecified atom stereocenters. The Morgan fingerprint density at radius 2 is 1.96 bits per heavy atom. The molecule has 1 rings (SSSR count). The molecule has 0 saturated heterocycles. The molecule has 124 valence electrons. The summed E-state index contributed by atoms with van der Waals surface area (Å²) < 4.78 is 10.1. The molecule has 0 aliphatic heterocycles. The van der Waals surface area contributed by atoms with Gasteiger partial charge < -0.3 is 25.9 Å². The fourth-order valence-corrected chi connectivity index (χ4v) is 1.90. The molecule has 0 fully saturated rings. The van der Waals surface area contributed by atoms with Gasteiger partial charge in [-0.05, 0) is 26.0 Å². The molecular formula is C16H21N3O4. The number of carbonyl (C=O) groups is 2. The molecule has 0 aliphatic rings. The van der Waals surface area contributed by atoms with Gasteiger partial charge in [-0.15, -0.1) is 0 Å². The van der Waals surface area contributed by atoms with Crippen LogP contribution in [0.5, 0.6) is 5.75 Å². The topological polar surface area (TPSA) is 115 Å². The number of ether oxygens (including phenoxy) is 2. The second kappa shape index (κ2) is 8.57. The largest absolute Gasteiger partial charge is 0.496 e. The van der Waals surface area contributed by atoms with Gasteiger partial charge in [0, 0.05) is 12.3 Å². The lowest BCUT2D eigenvalue weighted by Gasteiger charge is -2.12. The van der Waals surface area contributed by atoms with Crippen LogP contribution in [-0.2, 0) is 9.53 Å². The van der Waals surface area contributed by atoms with Gasteiger partial charge in [-0.1, -0.05) is 12.1 Å². The number of benzene rings is 1. The van der Waals surface area contributed by atoms with Crippen molar-refractivity contribution in [1.29, 1.82) is 5.41 Å². The summed E-state index contributed by atoms with van der Waals surface area (Å²) >= 11 is 0. The maximum atomic E-state index is 12.1. The van der Waals surface area contributed by atoms with Crippen molar-refractivity contribution in [3.05, 3.63) is 41.2 Å². The van der Waals surface area contributed by atoms with Gasteiger partial charge in [-0.25, -0.2) is 4.79 Å². The van der Waals surface area contributed by atoms with E-state index in [9.17, 15) is 9.59 Å². The number of rotatable bonds is 8. The van der Waals surface area contributed by atoms with Crippen molar-refractivity contribution in [1.82, 2.24) is 5.32 Å². The monoisotopic (exact) mass is 319 g/mol. The molecule has 7 heteroatoms.